The van der Waals surface area contributed by atoms with Gasteiger partial charge in [0.2, 0.25) is 0 Å². The van der Waals surface area contributed by atoms with Crippen LogP contribution in [-0.4, -0.2) is 37.8 Å². The second-order valence-electron chi connectivity index (χ2n) is 2.40. The number of carbonyl (C=O) groups is 1. The third kappa shape index (κ3) is 5.18. The summed E-state index contributed by atoms with van der Waals surface area (Å²) >= 11 is 0. The van der Waals surface area contributed by atoms with Gasteiger partial charge < -0.3 is 4.74 Å². The first kappa shape index (κ1) is 18.3. The summed E-state index contributed by atoms with van der Waals surface area (Å²) in [5.41, 5.74) is 0. The van der Waals surface area contributed by atoms with Crippen LogP contribution in [0.2, 0.25) is 0 Å². The number of alkyl halides is 8. The second kappa shape index (κ2) is 7.28. The van der Waals surface area contributed by atoms with Gasteiger partial charge in [-0.15, -0.1) is 0 Å². The van der Waals surface area contributed by atoms with Crippen molar-refractivity contribution in [2.45, 2.75) is 31.6 Å². The van der Waals surface area contributed by atoms with Crippen molar-refractivity contribution in [3.8, 4) is 0 Å². The molecule has 0 radical (unpaired) electrons. The van der Waals surface area contributed by atoms with E-state index in [9.17, 15) is 39.9 Å². The molecule has 0 aromatic carbocycles. The Labute approximate surface area is 90.5 Å². The van der Waals surface area contributed by atoms with Crippen molar-refractivity contribution < 1.29 is 44.7 Å². The summed E-state index contributed by atoms with van der Waals surface area (Å²) in [5, 5.41) is 0. The lowest BCUT2D eigenvalue weighted by molar-refractivity contribution is -0.303. The molecule has 0 rings (SSSR count). The predicted octanol–water partition coefficient (Wildman–Crippen LogP) is 2.97. The van der Waals surface area contributed by atoms with Crippen molar-refractivity contribution in [1.82, 2.24) is 0 Å². The smallest absolute Gasteiger partial charge is 0.375 e. The number of rotatable bonds is 5. The molecule has 0 aliphatic heterocycles. The fraction of sp³-hybridized carbons (Fsp3) is 0.857. The highest BCUT2D eigenvalue weighted by molar-refractivity contribution is 5.36. The topological polar surface area (TPSA) is 26.3 Å². The number of ether oxygens (including phenoxy) is 1. The van der Waals surface area contributed by atoms with Crippen molar-refractivity contribution in [3.63, 3.8) is 0 Å². The molecule has 0 saturated heterocycles. The van der Waals surface area contributed by atoms with E-state index in [2.05, 4.69) is 4.74 Å². The molecule has 0 aliphatic rings. The molecule has 0 amide bonds. The average molecular weight is 276 g/mol. The Morgan fingerprint density at radius 1 is 1.00 bits per heavy atom. The Hall–Kier alpha value is -1.09. The first-order valence-electron chi connectivity index (χ1n) is 3.92. The monoisotopic (exact) mass is 276 g/mol. The molecule has 17 heavy (non-hydrogen) atoms. The SMILES string of the molecule is CCOC=O.FC(F)C(F)(F)C(F)(F)C(F)F. The van der Waals surface area contributed by atoms with E-state index in [1.165, 1.54) is 0 Å². The van der Waals surface area contributed by atoms with Crippen LogP contribution >= 0.6 is 0 Å². The molecule has 0 fully saturated rings. The quantitative estimate of drug-likeness (QED) is 0.570. The van der Waals surface area contributed by atoms with Crippen molar-refractivity contribution in [1.29, 1.82) is 0 Å². The highest BCUT2D eigenvalue weighted by atomic mass is 19.4. The summed E-state index contributed by atoms with van der Waals surface area (Å²) in [7, 11) is 0. The van der Waals surface area contributed by atoms with Gasteiger partial charge >= 0.3 is 24.7 Å². The van der Waals surface area contributed by atoms with E-state index in [1.807, 2.05) is 0 Å². The van der Waals surface area contributed by atoms with Crippen molar-refractivity contribution >= 4 is 6.47 Å². The third-order valence-corrected chi connectivity index (χ3v) is 1.23. The normalized spacial score (nSPS) is 12.2. The van der Waals surface area contributed by atoms with Crippen LogP contribution in [0, 0.1) is 0 Å². The standard InChI is InChI=1S/C4H2F8.C3H6O2/c5-1(6)3(9,10)4(11,12)2(7)8;1-2-5-3-4/h1-2H;3H,2H2,1H3. The number of hydrogen-bond donors (Lipinski definition) is 0. The summed E-state index contributed by atoms with van der Waals surface area (Å²) < 4.78 is 95.0. The molecular weight excluding hydrogens is 268 g/mol. The van der Waals surface area contributed by atoms with E-state index in [-0.39, 0.29) is 0 Å². The molecule has 2 nitrogen and oxygen atoms in total. The first-order valence-corrected chi connectivity index (χ1v) is 3.92. The number of hydrogen-bond acceptors (Lipinski definition) is 2. The maximum atomic E-state index is 11.6. The van der Waals surface area contributed by atoms with Crippen molar-refractivity contribution in [2.75, 3.05) is 6.61 Å². The molecule has 0 saturated carbocycles. The van der Waals surface area contributed by atoms with Crippen LogP contribution in [0.25, 0.3) is 0 Å². The number of halogens is 8. The van der Waals surface area contributed by atoms with Gasteiger partial charge in [0, 0.05) is 0 Å². The van der Waals surface area contributed by atoms with Crippen LogP contribution in [0.15, 0.2) is 0 Å². The largest absolute Gasteiger partial charge is 0.468 e. The molecule has 0 bridgehead atoms. The zero-order valence-electron chi connectivity index (χ0n) is 8.28. The lowest BCUT2D eigenvalue weighted by Gasteiger charge is -2.24. The first-order chi connectivity index (χ1) is 7.55. The number of carbonyl (C=O) groups excluding carboxylic acids is 1. The molecule has 0 aromatic rings. The maximum absolute atomic E-state index is 11.6. The molecular formula is C7H8F8O2. The lowest BCUT2D eigenvalue weighted by atomic mass is 10.2. The lowest BCUT2D eigenvalue weighted by Crippen LogP contribution is -2.51. The minimum Gasteiger partial charge on any atom is -0.468 e. The minimum atomic E-state index is -6.00. The minimum absolute atomic E-state index is 0.431. The van der Waals surface area contributed by atoms with Crippen LogP contribution in [0.4, 0.5) is 35.1 Å². The van der Waals surface area contributed by atoms with E-state index in [0.29, 0.717) is 13.1 Å². The maximum Gasteiger partial charge on any atom is 0.375 e. The molecule has 10 heteroatoms. The van der Waals surface area contributed by atoms with Gasteiger partial charge in [-0.2, -0.15) is 17.6 Å². The van der Waals surface area contributed by atoms with Gasteiger partial charge in [-0.3, -0.25) is 4.79 Å². The van der Waals surface area contributed by atoms with Gasteiger partial charge in [-0.1, -0.05) is 0 Å². The Balaban J connectivity index is 0. The second-order valence-corrected chi connectivity index (χ2v) is 2.40. The third-order valence-electron chi connectivity index (χ3n) is 1.23. The Bertz CT molecular complexity index is 200. The highest BCUT2D eigenvalue weighted by Gasteiger charge is 2.68. The average Bonchev–Trinajstić information content (AvgIpc) is 2.19. The molecule has 0 unspecified atom stereocenters. The van der Waals surface area contributed by atoms with Gasteiger partial charge in [0.15, 0.2) is 0 Å². The van der Waals surface area contributed by atoms with E-state index < -0.39 is 24.7 Å². The van der Waals surface area contributed by atoms with Crippen molar-refractivity contribution in [3.05, 3.63) is 0 Å². The fourth-order valence-electron chi connectivity index (χ4n) is 0.359. The summed E-state index contributed by atoms with van der Waals surface area (Å²) in [5.74, 6) is -12.0. The molecule has 0 N–H and O–H groups in total. The van der Waals surface area contributed by atoms with E-state index in [1.54, 1.807) is 6.92 Å². The summed E-state index contributed by atoms with van der Waals surface area (Å²) in [6.45, 7) is 2.66. The predicted molar refractivity (Wildman–Crippen MR) is 39.6 cm³/mol. The molecule has 0 aliphatic carbocycles. The molecule has 0 aromatic heterocycles. The zero-order valence-corrected chi connectivity index (χ0v) is 8.28. The van der Waals surface area contributed by atoms with Gasteiger partial charge in [0.05, 0.1) is 6.61 Å². The summed E-state index contributed by atoms with van der Waals surface area (Å²) in [4.78, 5) is 9.18. The van der Waals surface area contributed by atoms with Gasteiger partial charge in [-0.05, 0) is 6.92 Å². The van der Waals surface area contributed by atoms with Crippen LogP contribution in [0.5, 0.6) is 0 Å². The Morgan fingerprint density at radius 3 is 1.35 bits per heavy atom. The van der Waals surface area contributed by atoms with Crippen LogP contribution in [-0.2, 0) is 9.53 Å². The highest BCUT2D eigenvalue weighted by Crippen LogP contribution is 2.42. The van der Waals surface area contributed by atoms with Gasteiger partial charge in [-0.25, -0.2) is 17.6 Å². The summed E-state index contributed by atoms with van der Waals surface area (Å²) in [6.07, 6.45) is -9.64. The molecule has 0 atom stereocenters. The molecule has 0 heterocycles. The Kier molecular flexibility index (Phi) is 7.83. The van der Waals surface area contributed by atoms with Crippen LogP contribution in [0.1, 0.15) is 6.92 Å². The van der Waals surface area contributed by atoms with Crippen molar-refractivity contribution in [2.24, 2.45) is 0 Å². The van der Waals surface area contributed by atoms with E-state index >= 15 is 0 Å². The molecule has 0 spiro atoms. The van der Waals surface area contributed by atoms with E-state index in [0.717, 1.165) is 0 Å². The fourth-order valence-corrected chi connectivity index (χ4v) is 0.359. The van der Waals surface area contributed by atoms with Crippen LogP contribution < -0.4 is 0 Å². The van der Waals surface area contributed by atoms with E-state index in [4.69, 9.17) is 0 Å². The summed E-state index contributed by atoms with van der Waals surface area (Å²) in [6, 6.07) is 0. The van der Waals surface area contributed by atoms with Crippen LogP contribution in [0.3, 0.4) is 0 Å². The Morgan fingerprint density at radius 2 is 1.29 bits per heavy atom. The van der Waals surface area contributed by atoms with Gasteiger partial charge in [0.25, 0.3) is 6.47 Å². The molecule has 104 valence electrons. The zero-order chi connectivity index (χ0) is 14.3. The van der Waals surface area contributed by atoms with Gasteiger partial charge in [0.1, 0.15) is 0 Å².